The normalized spacial score (nSPS) is 11.3. The van der Waals surface area contributed by atoms with Crippen molar-refractivity contribution in [2.45, 2.75) is 12.7 Å². The molecule has 0 fully saturated rings. The second-order valence-electron chi connectivity index (χ2n) is 4.25. The molecule has 106 valence electrons. The zero-order valence-corrected chi connectivity index (χ0v) is 10.3. The molecule has 0 spiro atoms. The van der Waals surface area contributed by atoms with Crippen molar-refractivity contribution in [1.29, 1.82) is 0 Å². The molecule has 6 heteroatoms. The number of anilines is 1. The van der Waals surface area contributed by atoms with E-state index in [0.717, 1.165) is 12.1 Å². The highest BCUT2D eigenvalue weighted by Gasteiger charge is 2.30. The molecule has 0 radical (unpaired) electrons. The SMILES string of the molecule is Oc1ccc(CNc2cccc(C(F)(F)F)c2)c(O)c1. The summed E-state index contributed by atoms with van der Waals surface area (Å²) in [5.74, 6) is -0.199. The maximum atomic E-state index is 12.5. The van der Waals surface area contributed by atoms with E-state index in [0.29, 0.717) is 11.3 Å². The van der Waals surface area contributed by atoms with Crippen LogP contribution in [0.25, 0.3) is 0 Å². The molecule has 2 aromatic carbocycles. The largest absolute Gasteiger partial charge is 0.508 e. The number of halogens is 3. The number of benzene rings is 2. The summed E-state index contributed by atoms with van der Waals surface area (Å²) in [6, 6.07) is 8.85. The Morgan fingerprint density at radius 1 is 1.00 bits per heavy atom. The molecule has 3 nitrogen and oxygen atoms in total. The van der Waals surface area contributed by atoms with Gasteiger partial charge < -0.3 is 15.5 Å². The first-order valence-electron chi connectivity index (χ1n) is 5.78. The predicted octanol–water partition coefficient (Wildman–Crippen LogP) is 3.73. The van der Waals surface area contributed by atoms with Crippen LogP contribution < -0.4 is 5.32 Å². The molecule has 3 N–H and O–H groups in total. The van der Waals surface area contributed by atoms with E-state index in [2.05, 4.69) is 5.32 Å². The summed E-state index contributed by atoms with van der Waals surface area (Å²) in [5.41, 5.74) is 0.0324. The number of rotatable bonds is 3. The van der Waals surface area contributed by atoms with Gasteiger partial charge in [0.25, 0.3) is 0 Å². The molecule has 2 rings (SSSR count). The minimum atomic E-state index is -4.39. The van der Waals surface area contributed by atoms with Crippen LogP contribution >= 0.6 is 0 Å². The van der Waals surface area contributed by atoms with Crippen LogP contribution in [0.2, 0.25) is 0 Å². The van der Waals surface area contributed by atoms with Crippen LogP contribution in [0.1, 0.15) is 11.1 Å². The molecule has 0 saturated carbocycles. The van der Waals surface area contributed by atoms with Gasteiger partial charge in [-0.15, -0.1) is 0 Å². The van der Waals surface area contributed by atoms with Crippen LogP contribution in [0, 0.1) is 0 Å². The Morgan fingerprint density at radius 3 is 2.40 bits per heavy atom. The van der Waals surface area contributed by atoms with Gasteiger partial charge in [0.1, 0.15) is 11.5 Å². The summed E-state index contributed by atoms with van der Waals surface area (Å²) in [6.07, 6.45) is -4.39. The Kier molecular flexibility index (Phi) is 3.74. The second-order valence-corrected chi connectivity index (χ2v) is 4.25. The lowest BCUT2D eigenvalue weighted by molar-refractivity contribution is -0.137. The zero-order valence-electron chi connectivity index (χ0n) is 10.3. The topological polar surface area (TPSA) is 52.5 Å². The van der Waals surface area contributed by atoms with Gasteiger partial charge in [-0.2, -0.15) is 13.2 Å². The number of hydrogen-bond acceptors (Lipinski definition) is 3. The summed E-state index contributed by atoms with van der Waals surface area (Å²) < 4.78 is 37.6. The zero-order chi connectivity index (χ0) is 14.8. The van der Waals surface area contributed by atoms with E-state index in [1.807, 2.05) is 0 Å². The highest BCUT2D eigenvalue weighted by molar-refractivity contribution is 5.48. The monoisotopic (exact) mass is 283 g/mol. The van der Waals surface area contributed by atoms with Gasteiger partial charge in [-0.25, -0.2) is 0 Å². The molecule has 0 unspecified atom stereocenters. The van der Waals surface area contributed by atoms with E-state index >= 15 is 0 Å². The highest BCUT2D eigenvalue weighted by atomic mass is 19.4. The molecule has 0 bridgehead atoms. The molecular formula is C14H12F3NO2. The van der Waals surface area contributed by atoms with Crippen molar-refractivity contribution >= 4 is 5.69 Å². The Hall–Kier alpha value is -2.37. The fourth-order valence-corrected chi connectivity index (χ4v) is 1.70. The Balaban J connectivity index is 2.11. The molecule has 20 heavy (non-hydrogen) atoms. The van der Waals surface area contributed by atoms with Gasteiger partial charge in [0.05, 0.1) is 5.56 Å². The lowest BCUT2D eigenvalue weighted by atomic mass is 10.1. The maximum Gasteiger partial charge on any atom is 0.416 e. The molecule has 0 aliphatic carbocycles. The predicted molar refractivity (Wildman–Crippen MR) is 68.5 cm³/mol. The van der Waals surface area contributed by atoms with Gasteiger partial charge in [0.2, 0.25) is 0 Å². The van der Waals surface area contributed by atoms with E-state index in [1.165, 1.54) is 30.3 Å². The van der Waals surface area contributed by atoms with Gasteiger partial charge in [0.15, 0.2) is 0 Å². The molecule has 0 saturated heterocycles. The fraction of sp³-hybridized carbons (Fsp3) is 0.143. The van der Waals surface area contributed by atoms with Crippen LogP contribution in [0.15, 0.2) is 42.5 Å². The summed E-state index contributed by atoms with van der Waals surface area (Å²) in [7, 11) is 0. The van der Waals surface area contributed by atoms with Gasteiger partial charge >= 0.3 is 6.18 Å². The van der Waals surface area contributed by atoms with Crippen LogP contribution in [-0.4, -0.2) is 10.2 Å². The van der Waals surface area contributed by atoms with Crippen LogP contribution in [0.5, 0.6) is 11.5 Å². The molecular weight excluding hydrogens is 271 g/mol. The Labute approximate surface area is 113 Å². The number of aromatic hydroxyl groups is 2. The van der Waals surface area contributed by atoms with Gasteiger partial charge in [-0.05, 0) is 30.3 Å². The number of phenolic OH excluding ortho intramolecular Hbond substituents is 2. The van der Waals surface area contributed by atoms with E-state index in [1.54, 1.807) is 0 Å². The van der Waals surface area contributed by atoms with Crippen molar-refractivity contribution in [3.63, 3.8) is 0 Å². The van der Waals surface area contributed by atoms with Crippen LogP contribution in [0.4, 0.5) is 18.9 Å². The molecule has 0 aliphatic heterocycles. The van der Waals surface area contributed by atoms with Crippen molar-refractivity contribution in [2.24, 2.45) is 0 Å². The number of alkyl halides is 3. The molecule has 0 heterocycles. The van der Waals surface area contributed by atoms with Crippen LogP contribution in [-0.2, 0) is 12.7 Å². The number of phenols is 2. The van der Waals surface area contributed by atoms with E-state index in [-0.39, 0.29) is 18.0 Å². The summed E-state index contributed by atoms with van der Waals surface area (Å²) >= 11 is 0. The van der Waals surface area contributed by atoms with Gasteiger partial charge in [-0.1, -0.05) is 6.07 Å². The minimum absolute atomic E-state index is 0.0784. The van der Waals surface area contributed by atoms with Crippen molar-refractivity contribution in [3.05, 3.63) is 53.6 Å². The Morgan fingerprint density at radius 2 is 1.75 bits per heavy atom. The third-order valence-electron chi connectivity index (χ3n) is 2.74. The third-order valence-corrected chi connectivity index (χ3v) is 2.74. The fourth-order valence-electron chi connectivity index (χ4n) is 1.70. The number of hydrogen-bond donors (Lipinski definition) is 3. The van der Waals surface area contributed by atoms with Crippen molar-refractivity contribution in [2.75, 3.05) is 5.32 Å². The van der Waals surface area contributed by atoms with E-state index in [4.69, 9.17) is 5.11 Å². The molecule has 0 aromatic heterocycles. The third kappa shape index (κ3) is 3.34. The van der Waals surface area contributed by atoms with Crippen molar-refractivity contribution in [1.82, 2.24) is 0 Å². The summed E-state index contributed by atoms with van der Waals surface area (Å²) in [5, 5.41) is 21.5. The average Bonchev–Trinajstić information content (AvgIpc) is 2.37. The first kappa shape index (κ1) is 14.0. The first-order chi connectivity index (χ1) is 9.36. The lowest BCUT2D eigenvalue weighted by Crippen LogP contribution is -2.06. The minimum Gasteiger partial charge on any atom is -0.508 e. The maximum absolute atomic E-state index is 12.5. The van der Waals surface area contributed by atoms with Gasteiger partial charge in [0, 0.05) is 23.9 Å². The Bertz CT molecular complexity index is 612. The first-order valence-corrected chi connectivity index (χ1v) is 5.78. The quantitative estimate of drug-likeness (QED) is 0.804. The standard InChI is InChI=1S/C14H12F3NO2/c15-14(16,17)10-2-1-3-11(6-10)18-8-9-4-5-12(19)7-13(9)20/h1-7,18-20H,8H2. The summed E-state index contributed by atoms with van der Waals surface area (Å²) in [6.45, 7) is 0.146. The number of nitrogens with one attached hydrogen (secondary N) is 1. The molecule has 0 aliphatic rings. The molecule has 0 amide bonds. The average molecular weight is 283 g/mol. The van der Waals surface area contributed by atoms with E-state index in [9.17, 15) is 18.3 Å². The molecule has 0 atom stereocenters. The van der Waals surface area contributed by atoms with Crippen molar-refractivity contribution in [3.8, 4) is 11.5 Å². The van der Waals surface area contributed by atoms with Gasteiger partial charge in [-0.3, -0.25) is 0 Å². The van der Waals surface area contributed by atoms with E-state index < -0.39 is 11.7 Å². The van der Waals surface area contributed by atoms with Crippen LogP contribution in [0.3, 0.4) is 0 Å². The molecule has 2 aromatic rings. The smallest absolute Gasteiger partial charge is 0.416 e. The van der Waals surface area contributed by atoms with Crippen molar-refractivity contribution < 1.29 is 23.4 Å². The highest BCUT2D eigenvalue weighted by Crippen LogP contribution is 2.31. The summed E-state index contributed by atoms with van der Waals surface area (Å²) in [4.78, 5) is 0. The second kappa shape index (κ2) is 5.32. The lowest BCUT2D eigenvalue weighted by Gasteiger charge is -2.11.